The Morgan fingerprint density at radius 2 is 1.38 bits per heavy atom. The van der Waals surface area contributed by atoms with Gasteiger partial charge in [-0.15, -0.1) is 0 Å². The molecule has 0 aromatic heterocycles. The number of aliphatic carboxylic acids is 1. The van der Waals surface area contributed by atoms with Crippen LogP contribution < -0.4 is 15.4 Å². The molecule has 8 heteroatoms. The molecule has 3 N–H and O–H groups in total. The molecule has 0 radical (unpaired) electrons. The molecular formula is C37H38N2O6. The number of hydrogen-bond donors (Lipinski definition) is 3. The molecule has 45 heavy (non-hydrogen) atoms. The maximum absolute atomic E-state index is 13.4. The highest BCUT2D eigenvalue weighted by Gasteiger charge is 2.38. The molecule has 0 saturated carbocycles. The third-order valence-electron chi connectivity index (χ3n) is 8.17. The molecule has 5 rings (SSSR count). The standard InChI is InChI=1S/C37H38N2O6/c1-24(2)33(38-36(43)45-23-32-30-15-9-7-13-28(30)29-14-8-10-16-31(29)32)34(40)39-37(3,35(41)42)21-25-17-19-27(20-18-25)44-22-26-11-5-4-6-12-26/h4-20,24,32-33H,21-23H2,1-3H3,(H,38,43)(H,39,40)(H,41,42)/t33-,37+/m0/s1. The van der Waals surface area contributed by atoms with E-state index in [1.807, 2.05) is 66.7 Å². The van der Waals surface area contributed by atoms with Gasteiger partial charge < -0.3 is 25.2 Å². The average molecular weight is 607 g/mol. The van der Waals surface area contributed by atoms with Crippen molar-refractivity contribution in [1.82, 2.24) is 10.6 Å². The fraction of sp³-hybridized carbons (Fsp3) is 0.270. The first-order valence-electron chi connectivity index (χ1n) is 15.1. The van der Waals surface area contributed by atoms with Crippen molar-refractivity contribution in [1.29, 1.82) is 0 Å². The Balaban J connectivity index is 1.19. The molecule has 0 heterocycles. The molecule has 2 amide bonds. The van der Waals surface area contributed by atoms with Gasteiger partial charge in [0.05, 0.1) is 0 Å². The summed E-state index contributed by atoms with van der Waals surface area (Å²) in [7, 11) is 0. The van der Waals surface area contributed by atoms with Gasteiger partial charge in [-0.25, -0.2) is 9.59 Å². The minimum Gasteiger partial charge on any atom is -0.489 e. The number of ether oxygens (including phenoxy) is 2. The molecule has 0 spiro atoms. The van der Waals surface area contributed by atoms with Gasteiger partial charge in [-0.3, -0.25) is 4.79 Å². The zero-order chi connectivity index (χ0) is 32.0. The molecule has 0 aliphatic heterocycles. The Kier molecular flexibility index (Phi) is 9.52. The molecule has 1 aliphatic carbocycles. The Bertz CT molecular complexity index is 1610. The summed E-state index contributed by atoms with van der Waals surface area (Å²) in [5, 5.41) is 15.5. The zero-order valence-corrected chi connectivity index (χ0v) is 25.7. The van der Waals surface area contributed by atoms with E-state index in [0.29, 0.717) is 17.9 Å². The summed E-state index contributed by atoms with van der Waals surface area (Å²) in [6.07, 6.45) is -0.711. The van der Waals surface area contributed by atoms with Crippen molar-refractivity contribution in [3.05, 3.63) is 125 Å². The molecule has 4 aromatic carbocycles. The predicted molar refractivity (Wildman–Crippen MR) is 172 cm³/mol. The number of carbonyl (C=O) groups excluding carboxylic acids is 2. The summed E-state index contributed by atoms with van der Waals surface area (Å²) in [6, 6.07) is 32.0. The molecule has 1 aliphatic rings. The number of carboxylic acid groups (broad SMARTS) is 1. The fourth-order valence-corrected chi connectivity index (χ4v) is 5.68. The van der Waals surface area contributed by atoms with E-state index in [9.17, 15) is 19.5 Å². The van der Waals surface area contributed by atoms with Crippen LogP contribution in [0.4, 0.5) is 4.79 Å². The Labute approximate surface area is 263 Å². The normalized spacial score (nSPS) is 14.0. The first-order chi connectivity index (χ1) is 21.6. The van der Waals surface area contributed by atoms with Gasteiger partial charge in [0.25, 0.3) is 0 Å². The number of alkyl carbamates (subject to hydrolysis) is 1. The number of benzene rings is 4. The predicted octanol–water partition coefficient (Wildman–Crippen LogP) is 6.33. The molecule has 0 fully saturated rings. The number of carbonyl (C=O) groups is 3. The van der Waals surface area contributed by atoms with Crippen LogP contribution in [0, 0.1) is 5.92 Å². The molecule has 8 nitrogen and oxygen atoms in total. The molecule has 232 valence electrons. The maximum Gasteiger partial charge on any atom is 0.407 e. The van der Waals surface area contributed by atoms with E-state index in [4.69, 9.17) is 9.47 Å². The van der Waals surface area contributed by atoms with Gasteiger partial charge >= 0.3 is 12.1 Å². The van der Waals surface area contributed by atoms with Gasteiger partial charge in [0.1, 0.15) is 30.5 Å². The number of carboxylic acids is 1. The minimum absolute atomic E-state index is 0.0306. The van der Waals surface area contributed by atoms with Crippen LogP contribution in [0.1, 0.15) is 48.9 Å². The van der Waals surface area contributed by atoms with Gasteiger partial charge in [0.15, 0.2) is 0 Å². The van der Waals surface area contributed by atoms with Crippen molar-refractivity contribution in [2.24, 2.45) is 5.92 Å². The Hall–Kier alpha value is -5.11. The number of hydrogen-bond acceptors (Lipinski definition) is 5. The van der Waals surface area contributed by atoms with E-state index in [0.717, 1.165) is 27.8 Å². The van der Waals surface area contributed by atoms with E-state index in [2.05, 4.69) is 22.8 Å². The topological polar surface area (TPSA) is 114 Å². The van der Waals surface area contributed by atoms with E-state index in [1.165, 1.54) is 6.92 Å². The van der Waals surface area contributed by atoms with Gasteiger partial charge in [0.2, 0.25) is 5.91 Å². The minimum atomic E-state index is -1.63. The molecule has 0 saturated heterocycles. The third-order valence-corrected chi connectivity index (χ3v) is 8.17. The van der Waals surface area contributed by atoms with Crippen LogP contribution in [0.5, 0.6) is 5.75 Å². The lowest BCUT2D eigenvalue weighted by atomic mass is 9.91. The van der Waals surface area contributed by atoms with Crippen LogP contribution in [-0.4, -0.2) is 41.3 Å². The number of fused-ring (bicyclic) bond motifs is 3. The van der Waals surface area contributed by atoms with Gasteiger partial charge in [-0.05, 0) is 58.4 Å². The number of rotatable bonds is 12. The van der Waals surface area contributed by atoms with Crippen molar-refractivity contribution in [2.75, 3.05) is 6.61 Å². The number of nitrogens with one attached hydrogen (secondary N) is 2. The van der Waals surface area contributed by atoms with Crippen LogP contribution in [0.15, 0.2) is 103 Å². The second-order valence-corrected chi connectivity index (χ2v) is 11.9. The second-order valence-electron chi connectivity index (χ2n) is 11.9. The summed E-state index contributed by atoms with van der Waals surface area (Å²) in [4.78, 5) is 38.8. The quantitative estimate of drug-likeness (QED) is 0.174. The molecule has 2 atom stereocenters. The Morgan fingerprint density at radius 3 is 1.96 bits per heavy atom. The highest BCUT2D eigenvalue weighted by Crippen LogP contribution is 2.44. The summed E-state index contributed by atoms with van der Waals surface area (Å²) in [5.74, 6) is -1.60. The van der Waals surface area contributed by atoms with Crippen LogP contribution in [0.2, 0.25) is 0 Å². The molecule has 0 unspecified atom stereocenters. The highest BCUT2D eigenvalue weighted by atomic mass is 16.5. The number of amides is 2. The lowest BCUT2D eigenvalue weighted by Gasteiger charge is -2.30. The molecular weight excluding hydrogens is 568 g/mol. The monoisotopic (exact) mass is 606 g/mol. The van der Waals surface area contributed by atoms with Gasteiger partial charge in [-0.1, -0.05) is 105 Å². The van der Waals surface area contributed by atoms with Crippen LogP contribution in [0.3, 0.4) is 0 Å². The zero-order valence-electron chi connectivity index (χ0n) is 25.7. The fourth-order valence-electron chi connectivity index (χ4n) is 5.68. The van der Waals surface area contributed by atoms with Crippen molar-refractivity contribution in [3.63, 3.8) is 0 Å². The van der Waals surface area contributed by atoms with E-state index < -0.39 is 29.6 Å². The summed E-state index contributed by atoms with van der Waals surface area (Å²) in [5.41, 5.74) is 4.51. The largest absolute Gasteiger partial charge is 0.489 e. The average Bonchev–Trinajstić information content (AvgIpc) is 3.36. The second kappa shape index (κ2) is 13.7. The summed E-state index contributed by atoms with van der Waals surface area (Å²) >= 11 is 0. The lowest BCUT2D eigenvalue weighted by molar-refractivity contribution is -0.147. The van der Waals surface area contributed by atoms with Crippen molar-refractivity contribution >= 4 is 18.0 Å². The Morgan fingerprint density at radius 1 is 0.800 bits per heavy atom. The van der Waals surface area contributed by atoms with Crippen molar-refractivity contribution < 1.29 is 29.0 Å². The van der Waals surface area contributed by atoms with E-state index in [1.54, 1.807) is 38.1 Å². The van der Waals surface area contributed by atoms with E-state index >= 15 is 0 Å². The SMILES string of the molecule is CC(C)[C@H](NC(=O)OCC1c2ccccc2-c2ccccc21)C(=O)N[C@](C)(Cc1ccc(OCc2ccccc2)cc1)C(=O)O. The lowest BCUT2D eigenvalue weighted by Crippen LogP contribution is -2.60. The summed E-state index contributed by atoms with van der Waals surface area (Å²) in [6.45, 7) is 5.53. The third kappa shape index (κ3) is 7.34. The van der Waals surface area contributed by atoms with Crippen LogP contribution >= 0.6 is 0 Å². The maximum atomic E-state index is 13.4. The summed E-state index contributed by atoms with van der Waals surface area (Å²) < 4.78 is 11.5. The highest BCUT2D eigenvalue weighted by molar-refractivity contribution is 5.91. The van der Waals surface area contributed by atoms with Gasteiger partial charge in [0, 0.05) is 12.3 Å². The smallest absolute Gasteiger partial charge is 0.407 e. The van der Waals surface area contributed by atoms with Crippen LogP contribution in [-0.2, 0) is 27.4 Å². The van der Waals surface area contributed by atoms with Gasteiger partial charge in [-0.2, -0.15) is 0 Å². The van der Waals surface area contributed by atoms with Crippen molar-refractivity contribution in [2.45, 2.75) is 51.3 Å². The molecule has 0 bridgehead atoms. The molecule has 4 aromatic rings. The first-order valence-corrected chi connectivity index (χ1v) is 15.1. The van der Waals surface area contributed by atoms with Crippen LogP contribution in [0.25, 0.3) is 11.1 Å². The first kappa shape index (κ1) is 31.3. The van der Waals surface area contributed by atoms with Crippen molar-refractivity contribution in [3.8, 4) is 16.9 Å². The van der Waals surface area contributed by atoms with E-state index in [-0.39, 0.29) is 24.9 Å².